The minimum Gasteiger partial charge on any atom is -0.508 e. The summed E-state index contributed by atoms with van der Waals surface area (Å²) in [5.74, 6) is 2.11. The molecular formula is C25H27FN2O. The third-order valence-corrected chi connectivity index (χ3v) is 7.71. The molecule has 0 saturated heterocycles. The number of phenolic OH excluding ortho intramolecular Hbond substituents is 1. The van der Waals surface area contributed by atoms with E-state index in [1.54, 1.807) is 18.3 Å². The molecule has 1 N–H and O–H groups in total. The molecule has 0 aliphatic heterocycles. The normalized spacial score (nSPS) is 32.2. The van der Waals surface area contributed by atoms with E-state index < -0.39 is 0 Å². The number of fused-ring (bicyclic) bond motifs is 5. The Morgan fingerprint density at radius 1 is 1.07 bits per heavy atom. The van der Waals surface area contributed by atoms with E-state index in [1.807, 2.05) is 12.1 Å². The van der Waals surface area contributed by atoms with Gasteiger partial charge in [0.05, 0.1) is 6.21 Å². The van der Waals surface area contributed by atoms with Gasteiger partial charge in [-0.1, -0.05) is 25.1 Å². The Labute approximate surface area is 171 Å². The van der Waals surface area contributed by atoms with Crippen LogP contribution >= 0.6 is 0 Å². The minimum atomic E-state index is -0.236. The number of aryl methyl sites for hydroxylation is 1. The van der Waals surface area contributed by atoms with Gasteiger partial charge < -0.3 is 5.11 Å². The number of rotatable bonds is 2. The Balaban J connectivity index is 1.37. The summed E-state index contributed by atoms with van der Waals surface area (Å²) in [6.45, 7) is 2.39. The van der Waals surface area contributed by atoms with E-state index in [4.69, 9.17) is 0 Å². The van der Waals surface area contributed by atoms with Crippen molar-refractivity contribution in [3.05, 3.63) is 65.0 Å². The van der Waals surface area contributed by atoms with Crippen LogP contribution in [0.5, 0.6) is 5.75 Å². The Kier molecular flexibility index (Phi) is 4.53. The fraction of sp³-hybridized carbons (Fsp3) is 0.440. The highest BCUT2D eigenvalue weighted by Crippen LogP contribution is 2.60. The zero-order valence-corrected chi connectivity index (χ0v) is 16.8. The van der Waals surface area contributed by atoms with Crippen molar-refractivity contribution < 1.29 is 9.50 Å². The molecule has 4 heteroatoms. The Hall–Kier alpha value is -2.49. The van der Waals surface area contributed by atoms with Crippen LogP contribution < -0.4 is 0 Å². The Bertz CT molecular complexity index is 981. The number of hydrogen-bond acceptors (Lipinski definition) is 3. The fourth-order valence-corrected chi connectivity index (χ4v) is 6.24. The third-order valence-electron chi connectivity index (χ3n) is 7.71. The molecule has 0 radical (unpaired) electrons. The molecule has 0 amide bonds. The Morgan fingerprint density at radius 3 is 2.72 bits per heavy atom. The molecule has 0 aromatic heterocycles. The molecule has 4 atom stereocenters. The molecule has 29 heavy (non-hydrogen) atoms. The first-order chi connectivity index (χ1) is 14.0. The summed E-state index contributed by atoms with van der Waals surface area (Å²) < 4.78 is 13.1. The second-order valence-corrected chi connectivity index (χ2v) is 9.14. The van der Waals surface area contributed by atoms with Crippen LogP contribution in [0.25, 0.3) is 0 Å². The maximum Gasteiger partial charge on any atom is 0.123 e. The predicted molar refractivity (Wildman–Crippen MR) is 114 cm³/mol. The van der Waals surface area contributed by atoms with E-state index in [1.165, 1.54) is 48.2 Å². The number of phenols is 1. The lowest BCUT2D eigenvalue weighted by Gasteiger charge is -2.49. The van der Waals surface area contributed by atoms with Crippen LogP contribution in [0.1, 0.15) is 61.6 Å². The first-order valence-electron chi connectivity index (χ1n) is 10.7. The van der Waals surface area contributed by atoms with Crippen LogP contribution in [0.15, 0.2) is 52.7 Å². The zero-order valence-electron chi connectivity index (χ0n) is 16.8. The van der Waals surface area contributed by atoms with Gasteiger partial charge in [-0.15, -0.1) is 0 Å². The molecule has 2 aromatic carbocycles. The van der Waals surface area contributed by atoms with E-state index in [2.05, 4.69) is 23.2 Å². The highest BCUT2D eigenvalue weighted by atomic mass is 19.1. The van der Waals surface area contributed by atoms with E-state index in [9.17, 15) is 9.50 Å². The van der Waals surface area contributed by atoms with Gasteiger partial charge in [-0.05, 0) is 97.2 Å². The summed E-state index contributed by atoms with van der Waals surface area (Å²) in [7, 11) is 0. The SMILES string of the molecule is C[C@@]12CC[C@H]3c4ccc(O)cc4CC[C@@H]3[C@@H]1CC/C2=N/N=C\c1ccc(F)cc1. The fourth-order valence-electron chi connectivity index (χ4n) is 6.24. The van der Waals surface area contributed by atoms with Crippen molar-refractivity contribution in [2.75, 3.05) is 0 Å². The molecule has 2 fully saturated rings. The van der Waals surface area contributed by atoms with E-state index >= 15 is 0 Å². The van der Waals surface area contributed by atoms with Crippen LogP contribution in [0.4, 0.5) is 4.39 Å². The van der Waals surface area contributed by atoms with Crippen LogP contribution in [-0.4, -0.2) is 17.0 Å². The molecule has 2 saturated carbocycles. The summed E-state index contributed by atoms with van der Waals surface area (Å²) in [5, 5.41) is 18.8. The summed E-state index contributed by atoms with van der Waals surface area (Å²) in [6, 6.07) is 12.3. The molecule has 0 heterocycles. The standard InChI is InChI=1S/C25H27FN2O/c1-25-13-12-21-20-9-7-19(29)14-17(20)4-8-22(21)23(25)10-11-24(25)28-27-15-16-2-5-18(26)6-3-16/h2-3,5-7,9,14-15,21-23,29H,4,8,10-13H2,1H3/b27-15-,28-24-/t21-,22-,23-,25+/m0/s1. The maximum atomic E-state index is 13.1. The average Bonchev–Trinajstić information content (AvgIpc) is 3.05. The van der Waals surface area contributed by atoms with Gasteiger partial charge in [-0.25, -0.2) is 4.39 Å². The highest BCUT2D eigenvalue weighted by molar-refractivity contribution is 5.93. The number of benzene rings is 2. The number of hydrogen-bond donors (Lipinski definition) is 1. The molecular weight excluding hydrogens is 363 g/mol. The third kappa shape index (κ3) is 3.19. The van der Waals surface area contributed by atoms with Crippen LogP contribution in [-0.2, 0) is 6.42 Å². The monoisotopic (exact) mass is 390 g/mol. The lowest BCUT2D eigenvalue weighted by molar-refractivity contribution is 0.0955. The van der Waals surface area contributed by atoms with E-state index in [0.717, 1.165) is 24.8 Å². The largest absolute Gasteiger partial charge is 0.508 e. The maximum absolute atomic E-state index is 13.1. The van der Waals surface area contributed by atoms with Crippen molar-refractivity contribution in [3.8, 4) is 5.75 Å². The molecule has 5 rings (SSSR count). The molecule has 150 valence electrons. The van der Waals surface area contributed by atoms with Crippen molar-refractivity contribution in [3.63, 3.8) is 0 Å². The molecule has 0 spiro atoms. The highest BCUT2D eigenvalue weighted by Gasteiger charge is 2.53. The topological polar surface area (TPSA) is 45.0 Å². The second-order valence-electron chi connectivity index (χ2n) is 9.14. The van der Waals surface area contributed by atoms with Crippen molar-refractivity contribution in [2.24, 2.45) is 27.5 Å². The summed E-state index contributed by atoms with van der Waals surface area (Å²) >= 11 is 0. The molecule has 3 aliphatic rings. The zero-order chi connectivity index (χ0) is 20.0. The smallest absolute Gasteiger partial charge is 0.123 e. The molecule has 3 aliphatic carbocycles. The van der Waals surface area contributed by atoms with Gasteiger partial charge in [-0.2, -0.15) is 10.2 Å². The lowest BCUT2D eigenvalue weighted by atomic mass is 9.55. The van der Waals surface area contributed by atoms with Gasteiger partial charge in [0.15, 0.2) is 0 Å². The summed E-state index contributed by atoms with van der Waals surface area (Å²) in [5.41, 5.74) is 5.03. The predicted octanol–water partition coefficient (Wildman–Crippen LogP) is 5.86. The van der Waals surface area contributed by atoms with E-state index in [0.29, 0.717) is 23.5 Å². The summed E-state index contributed by atoms with van der Waals surface area (Å²) in [4.78, 5) is 0. The van der Waals surface area contributed by atoms with Gasteiger partial charge >= 0.3 is 0 Å². The molecule has 3 nitrogen and oxygen atoms in total. The van der Waals surface area contributed by atoms with Gasteiger partial charge in [0.1, 0.15) is 11.6 Å². The summed E-state index contributed by atoms with van der Waals surface area (Å²) in [6.07, 6.45) is 8.52. The molecule has 2 aromatic rings. The van der Waals surface area contributed by atoms with Gasteiger partial charge in [-0.3, -0.25) is 0 Å². The quantitative estimate of drug-likeness (QED) is 0.506. The number of halogens is 1. The van der Waals surface area contributed by atoms with Crippen molar-refractivity contribution in [1.29, 1.82) is 0 Å². The first-order valence-corrected chi connectivity index (χ1v) is 10.7. The molecule has 0 bridgehead atoms. The van der Waals surface area contributed by atoms with E-state index in [-0.39, 0.29) is 11.2 Å². The van der Waals surface area contributed by atoms with Crippen LogP contribution in [0, 0.1) is 23.1 Å². The average molecular weight is 391 g/mol. The number of nitrogens with zero attached hydrogens (tertiary/aromatic N) is 2. The first kappa shape index (κ1) is 18.5. The van der Waals surface area contributed by atoms with Gasteiger partial charge in [0.25, 0.3) is 0 Å². The molecule has 0 unspecified atom stereocenters. The Morgan fingerprint density at radius 2 is 1.90 bits per heavy atom. The van der Waals surface area contributed by atoms with Gasteiger partial charge in [0, 0.05) is 11.1 Å². The van der Waals surface area contributed by atoms with Gasteiger partial charge in [0.2, 0.25) is 0 Å². The van der Waals surface area contributed by atoms with Crippen LogP contribution in [0.3, 0.4) is 0 Å². The number of aromatic hydroxyl groups is 1. The van der Waals surface area contributed by atoms with Crippen LogP contribution in [0.2, 0.25) is 0 Å². The second kappa shape index (κ2) is 7.08. The van der Waals surface area contributed by atoms with Crippen molar-refractivity contribution in [2.45, 2.75) is 51.4 Å². The van der Waals surface area contributed by atoms with Crippen molar-refractivity contribution >= 4 is 11.9 Å². The minimum absolute atomic E-state index is 0.135. The van der Waals surface area contributed by atoms with Crippen molar-refractivity contribution in [1.82, 2.24) is 0 Å². The lowest BCUT2D eigenvalue weighted by Crippen LogP contribution is -2.42.